The number of methoxy groups -OCH3 is 1. The third-order valence-corrected chi connectivity index (χ3v) is 4.56. The van der Waals surface area contributed by atoms with Crippen LogP contribution in [0.3, 0.4) is 0 Å². The Morgan fingerprint density at radius 2 is 1.90 bits per heavy atom. The van der Waals surface area contributed by atoms with Gasteiger partial charge in [-0.25, -0.2) is 9.97 Å². The van der Waals surface area contributed by atoms with Crippen LogP contribution in [0, 0.1) is 0 Å². The van der Waals surface area contributed by atoms with Gasteiger partial charge >= 0.3 is 0 Å². The van der Waals surface area contributed by atoms with Crippen LogP contribution in [0.2, 0.25) is 5.15 Å². The van der Waals surface area contributed by atoms with E-state index in [1.54, 1.807) is 7.11 Å². The highest BCUT2D eigenvalue weighted by Gasteiger charge is 2.17. The molecule has 3 nitrogen and oxygen atoms in total. The molecule has 0 saturated heterocycles. The molecule has 20 heavy (non-hydrogen) atoms. The molecule has 0 spiro atoms. The van der Waals surface area contributed by atoms with Gasteiger partial charge in [-0.1, -0.05) is 41.4 Å². The Labute approximate surface area is 140 Å². The Balaban J connectivity index is 2.67. The fourth-order valence-corrected chi connectivity index (χ4v) is 2.97. The van der Waals surface area contributed by atoms with Crippen LogP contribution in [-0.4, -0.2) is 17.1 Å². The molecule has 0 unspecified atom stereocenters. The third-order valence-electron chi connectivity index (χ3n) is 2.79. The summed E-state index contributed by atoms with van der Waals surface area (Å²) in [6.45, 7) is 4.12. The summed E-state index contributed by atoms with van der Waals surface area (Å²) in [6, 6.07) is 5.70. The normalized spacial score (nSPS) is 10.9. The van der Waals surface area contributed by atoms with Gasteiger partial charge < -0.3 is 4.74 Å². The molecule has 0 saturated carbocycles. The Morgan fingerprint density at radius 3 is 2.50 bits per heavy atom. The van der Waals surface area contributed by atoms with Gasteiger partial charge in [0, 0.05) is 4.47 Å². The smallest absolute Gasteiger partial charge is 0.164 e. The van der Waals surface area contributed by atoms with E-state index < -0.39 is 0 Å². The molecule has 1 heterocycles. The number of ether oxygens (including phenoxy) is 1. The van der Waals surface area contributed by atoms with Gasteiger partial charge in [0.05, 0.1) is 22.8 Å². The summed E-state index contributed by atoms with van der Waals surface area (Å²) in [4.78, 5) is 8.95. The van der Waals surface area contributed by atoms with E-state index in [0.29, 0.717) is 16.7 Å². The highest BCUT2D eigenvalue weighted by molar-refractivity contribution is 9.10. The average molecular weight is 421 g/mol. The summed E-state index contributed by atoms with van der Waals surface area (Å²) in [7, 11) is 1.62. The Morgan fingerprint density at radius 1 is 1.20 bits per heavy atom. The van der Waals surface area contributed by atoms with Crippen molar-refractivity contribution in [1.29, 1.82) is 0 Å². The van der Waals surface area contributed by atoms with Crippen molar-refractivity contribution in [3.63, 3.8) is 0 Å². The van der Waals surface area contributed by atoms with E-state index in [2.05, 4.69) is 55.7 Å². The number of nitrogens with zero attached hydrogens (tertiary/aromatic N) is 2. The van der Waals surface area contributed by atoms with Crippen LogP contribution < -0.4 is 4.74 Å². The van der Waals surface area contributed by atoms with Crippen LogP contribution in [0.5, 0.6) is 5.75 Å². The quantitative estimate of drug-likeness (QED) is 0.619. The van der Waals surface area contributed by atoms with Crippen LogP contribution in [0.4, 0.5) is 0 Å². The summed E-state index contributed by atoms with van der Waals surface area (Å²) in [5, 5.41) is 0.403. The molecule has 1 aromatic heterocycles. The van der Waals surface area contributed by atoms with Crippen LogP contribution in [-0.2, 0) is 0 Å². The maximum absolute atomic E-state index is 6.20. The van der Waals surface area contributed by atoms with Gasteiger partial charge in [0.25, 0.3) is 0 Å². The molecule has 0 amide bonds. The van der Waals surface area contributed by atoms with Crippen LogP contribution in [0.15, 0.2) is 27.1 Å². The third kappa shape index (κ3) is 3.15. The zero-order valence-electron chi connectivity index (χ0n) is 11.2. The lowest BCUT2D eigenvalue weighted by Crippen LogP contribution is -2.01. The highest BCUT2D eigenvalue weighted by atomic mass is 79.9. The van der Waals surface area contributed by atoms with Crippen molar-refractivity contribution in [3.8, 4) is 17.1 Å². The lowest BCUT2D eigenvalue weighted by atomic mass is 10.1. The predicted molar refractivity (Wildman–Crippen MR) is 88.5 cm³/mol. The SMILES string of the molecule is COc1ccc(Br)cc1-c1nc(Cl)c(Br)c(C(C)C)n1. The van der Waals surface area contributed by atoms with Crippen molar-refractivity contribution in [3.05, 3.63) is 38.0 Å². The zero-order chi connectivity index (χ0) is 14.9. The number of benzene rings is 1. The number of aromatic nitrogens is 2. The molecule has 106 valence electrons. The first kappa shape index (κ1) is 15.7. The molecule has 0 aliphatic heterocycles. The van der Waals surface area contributed by atoms with E-state index in [1.807, 2.05) is 18.2 Å². The molecule has 0 bridgehead atoms. The molecular formula is C14H13Br2ClN2O. The Bertz CT molecular complexity index is 647. The first-order valence-electron chi connectivity index (χ1n) is 6.01. The van der Waals surface area contributed by atoms with Gasteiger partial charge in [0.15, 0.2) is 5.82 Å². The predicted octanol–water partition coefficient (Wildman–Crippen LogP) is 5.45. The minimum Gasteiger partial charge on any atom is -0.496 e. The number of halogens is 3. The molecule has 0 radical (unpaired) electrons. The second kappa shape index (κ2) is 6.41. The minimum atomic E-state index is 0.238. The summed E-state index contributed by atoms with van der Waals surface area (Å²) in [6.07, 6.45) is 0. The van der Waals surface area contributed by atoms with Crippen molar-refractivity contribution in [2.45, 2.75) is 19.8 Å². The first-order chi connectivity index (χ1) is 9.43. The van der Waals surface area contributed by atoms with Gasteiger partial charge in [0.2, 0.25) is 0 Å². The molecule has 0 aliphatic rings. The molecule has 0 N–H and O–H groups in total. The molecule has 1 aromatic carbocycles. The van der Waals surface area contributed by atoms with E-state index in [-0.39, 0.29) is 5.92 Å². The van der Waals surface area contributed by atoms with Crippen LogP contribution in [0.1, 0.15) is 25.5 Å². The monoisotopic (exact) mass is 418 g/mol. The molecule has 6 heteroatoms. The maximum atomic E-state index is 6.20. The summed E-state index contributed by atoms with van der Waals surface area (Å²) >= 11 is 13.1. The molecule has 2 aromatic rings. The van der Waals surface area contributed by atoms with Gasteiger partial charge in [-0.15, -0.1) is 0 Å². The highest BCUT2D eigenvalue weighted by Crippen LogP contribution is 2.35. The van der Waals surface area contributed by atoms with Crippen LogP contribution >= 0.6 is 43.5 Å². The van der Waals surface area contributed by atoms with Gasteiger partial charge in [-0.2, -0.15) is 0 Å². The largest absolute Gasteiger partial charge is 0.496 e. The van der Waals surface area contributed by atoms with E-state index in [0.717, 1.165) is 20.2 Å². The Kier molecular flexibility index (Phi) is 5.04. The van der Waals surface area contributed by atoms with Crippen molar-refractivity contribution in [2.75, 3.05) is 7.11 Å². The zero-order valence-corrected chi connectivity index (χ0v) is 15.2. The topological polar surface area (TPSA) is 35.0 Å². The second-order valence-corrected chi connectivity index (χ2v) is 6.60. The Hall–Kier alpha value is -0.650. The van der Waals surface area contributed by atoms with Crippen LogP contribution in [0.25, 0.3) is 11.4 Å². The van der Waals surface area contributed by atoms with Gasteiger partial charge in [-0.05, 0) is 40.0 Å². The lowest BCUT2D eigenvalue weighted by molar-refractivity contribution is 0.416. The number of hydrogen-bond donors (Lipinski definition) is 0. The maximum Gasteiger partial charge on any atom is 0.164 e. The van der Waals surface area contributed by atoms with Crippen molar-refractivity contribution < 1.29 is 4.74 Å². The van der Waals surface area contributed by atoms with Crippen molar-refractivity contribution >= 4 is 43.5 Å². The fraction of sp³-hybridized carbons (Fsp3) is 0.286. The lowest BCUT2D eigenvalue weighted by Gasteiger charge is -2.13. The van der Waals surface area contributed by atoms with Gasteiger partial charge in [-0.3, -0.25) is 0 Å². The van der Waals surface area contributed by atoms with Crippen molar-refractivity contribution in [1.82, 2.24) is 9.97 Å². The van der Waals surface area contributed by atoms with Crippen molar-refractivity contribution in [2.24, 2.45) is 0 Å². The first-order valence-corrected chi connectivity index (χ1v) is 7.97. The second-order valence-electron chi connectivity index (χ2n) is 4.54. The summed E-state index contributed by atoms with van der Waals surface area (Å²) in [5.41, 5.74) is 1.68. The van der Waals surface area contributed by atoms with Gasteiger partial charge in [0.1, 0.15) is 10.9 Å². The van der Waals surface area contributed by atoms with E-state index in [4.69, 9.17) is 16.3 Å². The van der Waals surface area contributed by atoms with E-state index in [9.17, 15) is 0 Å². The summed E-state index contributed by atoms with van der Waals surface area (Å²) in [5.74, 6) is 1.50. The number of hydrogen-bond acceptors (Lipinski definition) is 3. The average Bonchev–Trinajstić information content (AvgIpc) is 2.41. The molecular weight excluding hydrogens is 407 g/mol. The van der Waals surface area contributed by atoms with E-state index in [1.165, 1.54) is 0 Å². The molecule has 0 fully saturated rings. The minimum absolute atomic E-state index is 0.238. The van der Waals surface area contributed by atoms with E-state index >= 15 is 0 Å². The standard InChI is InChI=1S/C14H13Br2ClN2O/c1-7(2)12-11(16)13(17)19-14(18-12)9-6-8(15)4-5-10(9)20-3/h4-7H,1-3H3. The molecule has 0 aliphatic carbocycles. The fourth-order valence-electron chi connectivity index (χ4n) is 1.79. The molecule has 0 atom stereocenters. The molecule has 2 rings (SSSR count). The number of rotatable bonds is 3. The summed E-state index contributed by atoms with van der Waals surface area (Å²) < 4.78 is 7.04.